The SMILES string of the molecule is Cc1ccccc1C(=O)N[C@H](CC(C)C)C(=O)N1CCN(C(C)(C)CO)CC1. The molecule has 1 aliphatic heterocycles. The van der Waals surface area contributed by atoms with Crippen LogP contribution in [0.2, 0.25) is 0 Å². The quantitative estimate of drug-likeness (QED) is 0.749. The molecule has 6 nitrogen and oxygen atoms in total. The minimum absolute atomic E-state index is 0.0166. The van der Waals surface area contributed by atoms with Crippen LogP contribution in [0.3, 0.4) is 0 Å². The Morgan fingerprint density at radius 2 is 1.75 bits per heavy atom. The third-order valence-corrected chi connectivity index (χ3v) is 5.53. The first-order chi connectivity index (χ1) is 13.2. The highest BCUT2D eigenvalue weighted by Gasteiger charge is 2.33. The molecule has 1 aromatic rings. The van der Waals surface area contributed by atoms with Gasteiger partial charge in [0.15, 0.2) is 0 Å². The lowest BCUT2D eigenvalue weighted by Gasteiger charge is -2.43. The van der Waals surface area contributed by atoms with Gasteiger partial charge in [0.05, 0.1) is 6.61 Å². The van der Waals surface area contributed by atoms with Gasteiger partial charge in [0.1, 0.15) is 6.04 Å². The molecular weight excluding hydrogens is 354 g/mol. The number of rotatable bonds is 7. The van der Waals surface area contributed by atoms with Crippen LogP contribution in [0.25, 0.3) is 0 Å². The third kappa shape index (κ3) is 5.55. The van der Waals surface area contributed by atoms with Crippen LogP contribution in [0, 0.1) is 12.8 Å². The van der Waals surface area contributed by atoms with E-state index in [2.05, 4.69) is 24.1 Å². The van der Waals surface area contributed by atoms with Gasteiger partial charge < -0.3 is 15.3 Å². The van der Waals surface area contributed by atoms with E-state index in [1.54, 1.807) is 6.07 Å². The number of aryl methyl sites for hydroxylation is 1. The molecule has 0 aliphatic carbocycles. The summed E-state index contributed by atoms with van der Waals surface area (Å²) in [4.78, 5) is 30.0. The van der Waals surface area contributed by atoms with Gasteiger partial charge in [0.25, 0.3) is 5.91 Å². The minimum Gasteiger partial charge on any atom is -0.394 e. The molecule has 0 aromatic heterocycles. The van der Waals surface area contributed by atoms with E-state index in [0.29, 0.717) is 31.0 Å². The topological polar surface area (TPSA) is 72.9 Å². The first-order valence-electron chi connectivity index (χ1n) is 10.2. The van der Waals surface area contributed by atoms with Crippen LogP contribution in [0.5, 0.6) is 0 Å². The second-order valence-corrected chi connectivity index (χ2v) is 8.75. The van der Waals surface area contributed by atoms with Crippen molar-refractivity contribution in [2.24, 2.45) is 5.92 Å². The Hall–Kier alpha value is -1.92. The second kappa shape index (κ2) is 9.52. The summed E-state index contributed by atoms with van der Waals surface area (Å²) in [5.41, 5.74) is 1.22. The van der Waals surface area contributed by atoms with Gasteiger partial charge in [-0.3, -0.25) is 14.5 Å². The van der Waals surface area contributed by atoms with E-state index in [1.165, 1.54) is 0 Å². The average molecular weight is 390 g/mol. The Balaban J connectivity index is 2.06. The van der Waals surface area contributed by atoms with Gasteiger partial charge in [-0.1, -0.05) is 32.0 Å². The zero-order valence-corrected chi connectivity index (χ0v) is 17.9. The first-order valence-corrected chi connectivity index (χ1v) is 10.2. The lowest BCUT2D eigenvalue weighted by atomic mass is 10.00. The Labute approximate surface area is 168 Å². The van der Waals surface area contributed by atoms with E-state index >= 15 is 0 Å². The number of nitrogens with one attached hydrogen (secondary N) is 1. The largest absolute Gasteiger partial charge is 0.394 e. The molecule has 0 radical (unpaired) electrons. The number of benzene rings is 1. The van der Waals surface area contributed by atoms with Crippen LogP contribution in [-0.2, 0) is 4.79 Å². The maximum Gasteiger partial charge on any atom is 0.252 e. The lowest BCUT2D eigenvalue weighted by molar-refractivity contribution is -0.136. The van der Waals surface area contributed by atoms with E-state index < -0.39 is 6.04 Å². The van der Waals surface area contributed by atoms with Gasteiger partial charge in [-0.25, -0.2) is 0 Å². The summed E-state index contributed by atoms with van der Waals surface area (Å²) in [7, 11) is 0. The van der Waals surface area contributed by atoms with Gasteiger partial charge in [0.2, 0.25) is 5.91 Å². The highest BCUT2D eigenvalue weighted by atomic mass is 16.3. The van der Waals surface area contributed by atoms with Gasteiger partial charge >= 0.3 is 0 Å². The predicted octanol–water partition coefficient (Wildman–Crippen LogP) is 2.05. The normalized spacial score (nSPS) is 16.9. The fourth-order valence-electron chi connectivity index (χ4n) is 3.61. The molecule has 0 bridgehead atoms. The molecule has 156 valence electrons. The molecule has 0 saturated carbocycles. The molecule has 1 aliphatic rings. The number of aliphatic hydroxyl groups is 1. The number of piperazine rings is 1. The number of nitrogens with zero attached hydrogens (tertiary/aromatic N) is 2. The van der Waals surface area contributed by atoms with Crippen molar-refractivity contribution in [3.63, 3.8) is 0 Å². The van der Waals surface area contributed by atoms with Crippen molar-refractivity contribution in [2.45, 2.75) is 52.6 Å². The number of hydrogen-bond acceptors (Lipinski definition) is 4. The zero-order chi connectivity index (χ0) is 20.9. The van der Waals surface area contributed by atoms with Crippen LogP contribution >= 0.6 is 0 Å². The van der Waals surface area contributed by atoms with Gasteiger partial charge in [0, 0.05) is 37.3 Å². The Kier molecular flexibility index (Phi) is 7.61. The molecule has 0 unspecified atom stereocenters. The highest BCUT2D eigenvalue weighted by Crippen LogP contribution is 2.18. The molecule has 1 aromatic carbocycles. The van der Waals surface area contributed by atoms with Crippen molar-refractivity contribution in [1.29, 1.82) is 0 Å². The standard InChI is InChI=1S/C22H35N3O3/c1-16(2)14-19(23-20(27)18-9-7-6-8-17(18)3)21(28)24-10-12-25(13-11-24)22(4,5)15-26/h6-9,16,19,26H,10-15H2,1-5H3,(H,23,27)/t19-/m1/s1. The Bertz CT molecular complexity index is 679. The number of carbonyl (C=O) groups excluding carboxylic acids is 2. The van der Waals surface area contributed by atoms with E-state index in [9.17, 15) is 14.7 Å². The van der Waals surface area contributed by atoms with E-state index in [1.807, 2.05) is 43.9 Å². The maximum absolute atomic E-state index is 13.2. The fourth-order valence-corrected chi connectivity index (χ4v) is 3.61. The lowest BCUT2D eigenvalue weighted by Crippen LogP contribution is -2.59. The van der Waals surface area contributed by atoms with Crippen molar-refractivity contribution in [2.75, 3.05) is 32.8 Å². The average Bonchev–Trinajstić information content (AvgIpc) is 2.67. The zero-order valence-electron chi connectivity index (χ0n) is 17.9. The van der Waals surface area contributed by atoms with Crippen molar-refractivity contribution >= 4 is 11.8 Å². The summed E-state index contributed by atoms with van der Waals surface area (Å²) in [6.45, 7) is 12.8. The summed E-state index contributed by atoms with van der Waals surface area (Å²) < 4.78 is 0. The molecule has 1 fully saturated rings. The third-order valence-electron chi connectivity index (χ3n) is 5.53. The molecular formula is C22H35N3O3. The molecule has 1 saturated heterocycles. The van der Waals surface area contributed by atoms with Crippen molar-refractivity contribution in [3.05, 3.63) is 35.4 Å². The van der Waals surface area contributed by atoms with Crippen molar-refractivity contribution < 1.29 is 14.7 Å². The summed E-state index contributed by atoms with van der Waals surface area (Å²) in [5.74, 6) is 0.0787. The van der Waals surface area contributed by atoms with E-state index in [4.69, 9.17) is 0 Å². The van der Waals surface area contributed by atoms with Crippen molar-refractivity contribution in [3.8, 4) is 0 Å². The smallest absolute Gasteiger partial charge is 0.252 e. The van der Waals surface area contributed by atoms with Crippen LogP contribution in [0.15, 0.2) is 24.3 Å². The van der Waals surface area contributed by atoms with E-state index in [0.717, 1.165) is 18.7 Å². The number of amides is 2. The molecule has 2 amide bonds. The summed E-state index contributed by atoms with van der Waals surface area (Å²) in [6.07, 6.45) is 0.610. The van der Waals surface area contributed by atoms with Gasteiger partial charge in [-0.05, 0) is 44.7 Å². The Morgan fingerprint density at radius 3 is 2.29 bits per heavy atom. The Morgan fingerprint density at radius 1 is 1.14 bits per heavy atom. The van der Waals surface area contributed by atoms with Crippen LogP contribution in [-0.4, -0.2) is 71.1 Å². The molecule has 0 spiro atoms. The molecule has 2 rings (SSSR count). The summed E-state index contributed by atoms with van der Waals surface area (Å²) in [5, 5.41) is 12.5. The summed E-state index contributed by atoms with van der Waals surface area (Å²) in [6, 6.07) is 6.90. The first kappa shape index (κ1) is 22.4. The van der Waals surface area contributed by atoms with Crippen LogP contribution in [0.1, 0.15) is 50.0 Å². The molecule has 1 atom stereocenters. The monoisotopic (exact) mass is 389 g/mol. The fraction of sp³-hybridized carbons (Fsp3) is 0.636. The summed E-state index contributed by atoms with van der Waals surface area (Å²) >= 11 is 0. The number of carbonyl (C=O) groups is 2. The molecule has 28 heavy (non-hydrogen) atoms. The predicted molar refractivity (Wildman–Crippen MR) is 111 cm³/mol. The highest BCUT2D eigenvalue weighted by molar-refractivity contribution is 5.98. The minimum atomic E-state index is -0.524. The van der Waals surface area contributed by atoms with Crippen LogP contribution in [0.4, 0.5) is 0 Å². The van der Waals surface area contributed by atoms with Crippen LogP contribution < -0.4 is 5.32 Å². The second-order valence-electron chi connectivity index (χ2n) is 8.75. The number of aliphatic hydroxyl groups excluding tert-OH is 1. The molecule has 6 heteroatoms. The molecule has 2 N–H and O–H groups in total. The van der Waals surface area contributed by atoms with Crippen molar-refractivity contribution in [1.82, 2.24) is 15.1 Å². The van der Waals surface area contributed by atoms with E-state index in [-0.39, 0.29) is 24.0 Å². The van der Waals surface area contributed by atoms with Gasteiger partial charge in [-0.15, -0.1) is 0 Å². The molecule has 1 heterocycles. The van der Waals surface area contributed by atoms with Gasteiger partial charge in [-0.2, -0.15) is 0 Å². The maximum atomic E-state index is 13.2. The number of hydrogen-bond donors (Lipinski definition) is 2.